The zero-order chi connectivity index (χ0) is 18.4. The van der Waals surface area contributed by atoms with Crippen LogP contribution >= 0.6 is 0 Å². The molecule has 1 fully saturated rings. The van der Waals surface area contributed by atoms with E-state index in [1.165, 1.54) is 0 Å². The van der Waals surface area contributed by atoms with Crippen molar-refractivity contribution in [3.63, 3.8) is 0 Å². The van der Waals surface area contributed by atoms with Crippen molar-refractivity contribution in [1.29, 1.82) is 0 Å². The molecule has 24 heavy (non-hydrogen) atoms. The molecular formula is C15H21F9. The lowest BCUT2D eigenvalue weighted by atomic mass is 9.96. The van der Waals surface area contributed by atoms with Crippen LogP contribution in [0.3, 0.4) is 0 Å². The number of hydrogen-bond acceptors (Lipinski definition) is 0. The molecule has 0 spiro atoms. The first-order valence-corrected chi connectivity index (χ1v) is 7.93. The van der Waals surface area contributed by atoms with Gasteiger partial charge < -0.3 is 0 Å². The summed E-state index contributed by atoms with van der Waals surface area (Å²) in [5.74, 6) is 0. The maximum Gasteiger partial charge on any atom is 0.168 e. The van der Waals surface area contributed by atoms with Crippen LogP contribution in [-0.4, -0.2) is 55.5 Å². The molecule has 1 saturated carbocycles. The molecule has 0 N–H and O–H groups in total. The van der Waals surface area contributed by atoms with Crippen molar-refractivity contribution in [3.05, 3.63) is 0 Å². The Bertz CT molecular complexity index is 356. The zero-order valence-electron chi connectivity index (χ0n) is 12.8. The molecule has 0 heterocycles. The van der Waals surface area contributed by atoms with Gasteiger partial charge >= 0.3 is 0 Å². The van der Waals surface area contributed by atoms with Gasteiger partial charge in [-0.25, -0.2) is 39.5 Å². The summed E-state index contributed by atoms with van der Waals surface area (Å²) < 4.78 is 121. The first-order valence-electron chi connectivity index (χ1n) is 7.93. The third kappa shape index (κ3) is 5.72. The molecule has 9 heteroatoms. The average molecular weight is 372 g/mol. The van der Waals surface area contributed by atoms with E-state index < -0.39 is 68.4 Å². The Kier molecular flexibility index (Phi) is 8.70. The van der Waals surface area contributed by atoms with Crippen LogP contribution in [0.1, 0.15) is 38.5 Å². The zero-order valence-corrected chi connectivity index (χ0v) is 12.8. The van der Waals surface area contributed by atoms with E-state index in [1.807, 2.05) is 0 Å². The molecule has 0 aromatic rings. The molecule has 0 bridgehead atoms. The molecule has 0 amide bonds. The number of alkyl halides is 9. The first-order chi connectivity index (χ1) is 11.2. The topological polar surface area (TPSA) is 0 Å². The molecule has 9 atom stereocenters. The monoisotopic (exact) mass is 372 g/mol. The van der Waals surface area contributed by atoms with Gasteiger partial charge in [-0.1, -0.05) is 19.3 Å². The highest BCUT2D eigenvalue weighted by Gasteiger charge is 2.47. The molecule has 0 nitrogen and oxygen atoms in total. The van der Waals surface area contributed by atoms with Crippen molar-refractivity contribution in [1.82, 2.24) is 0 Å². The van der Waals surface area contributed by atoms with Gasteiger partial charge in [-0.3, -0.25) is 0 Å². The van der Waals surface area contributed by atoms with Crippen molar-refractivity contribution in [2.45, 2.75) is 94.1 Å². The second-order valence-corrected chi connectivity index (χ2v) is 6.17. The minimum absolute atomic E-state index is 0.0353. The first kappa shape index (κ1) is 21.4. The van der Waals surface area contributed by atoms with Crippen LogP contribution in [0.25, 0.3) is 0 Å². The van der Waals surface area contributed by atoms with E-state index in [-0.39, 0.29) is 25.7 Å². The third-order valence-electron chi connectivity index (χ3n) is 4.19. The predicted molar refractivity (Wildman–Crippen MR) is 71.8 cm³/mol. The quantitative estimate of drug-likeness (QED) is 0.501. The normalized spacial score (nSPS) is 47.6. The smallest absolute Gasteiger partial charge is 0.168 e. The van der Waals surface area contributed by atoms with Gasteiger partial charge in [0.2, 0.25) is 0 Å². The minimum atomic E-state index is -3.53. The van der Waals surface area contributed by atoms with E-state index in [1.54, 1.807) is 0 Å². The molecule has 0 aromatic heterocycles. The second-order valence-electron chi connectivity index (χ2n) is 6.17. The summed E-state index contributed by atoms with van der Waals surface area (Å²) in [4.78, 5) is 0. The number of halogens is 9. The summed E-state index contributed by atoms with van der Waals surface area (Å²) in [6.07, 6.45) is -28.5. The SMILES string of the molecule is FC1CCCCCC(F)C(F)C(F)C(F)C(F)C(F)C(F)C(F)C1. The highest BCUT2D eigenvalue weighted by atomic mass is 19.2. The van der Waals surface area contributed by atoms with Gasteiger partial charge in [0.25, 0.3) is 0 Å². The summed E-state index contributed by atoms with van der Waals surface area (Å²) in [5.41, 5.74) is 0. The summed E-state index contributed by atoms with van der Waals surface area (Å²) in [6, 6.07) is 0. The fraction of sp³-hybridized carbons (Fsp3) is 1.00. The van der Waals surface area contributed by atoms with E-state index in [4.69, 9.17) is 0 Å². The molecule has 1 aliphatic carbocycles. The van der Waals surface area contributed by atoms with E-state index in [2.05, 4.69) is 0 Å². The van der Waals surface area contributed by atoms with Gasteiger partial charge in [0, 0.05) is 6.42 Å². The van der Waals surface area contributed by atoms with Gasteiger partial charge in [0.15, 0.2) is 37.0 Å². The van der Waals surface area contributed by atoms with Gasteiger partial charge in [0.1, 0.15) is 18.5 Å². The predicted octanol–water partition coefficient (Wildman–Crippen LogP) is 5.38. The van der Waals surface area contributed by atoms with Crippen molar-refractivity contribution in [3.8, 4) is 0 Å². The lowest BCUT2D eigenvalue weighted by Gasteiger charge is -2.26. The molecule has 144 valence electrons. The lowest BCUT2D eigenvalue weighted by Crippen LogP contribution is -2.47. The van der Waals surface area contributed by atoms with E-state index in [0.717, 1.165) is 0 Å². The molecular weight excluding hydrogens is 351 g/mol. The van der Waals surface area contributed by atoms with Crippen LogP contribution in [0.5, 0.6) is 0 Å². The summed E-state index contributed by atoms with van der Waals surface area (Å²) in [7, 11) is 0. The molecule has 9 unspecified atom stereocenters. The number of hydrogen-bond donors (Lipinski definition) is 0. The van der Waals surface area contributed by atoms with Gasteiger partial charge in [-0.2, -0.15) is 0 Å². The molecule has 0 saturated heterocycles. The highest BCUT2D eigenvalue weighted by molar-refractivity contribution is 4.93. The largest absolute Gasteiger partial charge is 0.247 e. The molecule has 1 aliphatic rings. The maximum atomic E-state index is 13.5. The van der Waals surface area contributed by atoms with E-state index in [0.29, 0.717) is 0 Å². The lowest BCUT2D eigenvalue weighted by molar-refractivity contribution is -0.0488. The van der Waals surface area contributed by atoms with Crippen LogP contribution in [0.4, 0.5) is 39.5 Å². The van der Waals surface area contributed by atoms with Gasteiger partial charge in [0.05, 0.1) is 0 Å². The van der Waals surface area contributed by atoms with E-state index >= 15 is 0 Å². The van der Waals surface area contributed by atoms with Crippen molar-refractivity contribution < 1.29 is 39.5 Å². The van der Waals surface area contributed by atoms with Gasteiger partial charge in [-0.15, -0.1) is 0 Å². The Balaban J connectivity index is 2.89. The Morgan fingerprint density at radius 1 is 0.417 bits per heavy atom. The second kappa shape index (κ2) is 9.75. The Hall–Kier alpha value is -0.630. The fourth-order valence-corrected chi connectivity index (χ4v) is 2.63. The van der Waals surface area contributed by atoms with E-state index in [9.17, 15) is 39.5 Å². The highest BCUT2D eigenvalue weighted by Crippen LogP contribution is 2.30. The summed E-state index contributed by atoms with van der Waals surface area (Å²) in [6.45, 7) is 0. The Morgan fingerprint density at radius 2 is 0.833 bits per heavy atom. The van der Waals surface area contributed by atoms with Crippen LogP contribution in [0.2, 0.25) is 0 Å². The molecule has 1 rings (SSSR count). The van der Waals surface area contributed by atoms with Crippen molar-refractivity contribution >= 4 is 0 Å². The Morgan fingerprint density at radius 3 is 1.38 bits per heavy atom. The van der Waals surface area contributed by atoms with Crippen LogP contribution in [0.15, 0.2) is 0 Å². The minimum Gasteiger partial charge on any atom is -0.247 e. The maximum absolute atomic E-state index is 13.5. The average Bonchev–Trinajstić information content (AvgIpc) is 2.56. The molecule has 0 aromatic carbocycles. The standard InChI is InChI=1S/C15H21F9/c16-7-4-2-1-3-5-8(17)10(19)12(21)14(23)15(24)13(22)11(20)9(18)6-7/h7-15H,1-6H2. The van der Waals surface area contributed by atoms with Crippen molar-refractivity contribution in [2.24, 2.45) is 0 Å². The van der Waals surface area contributed by atoms with Crippen LogP contribution < -0.4 is 0 Å². The fourth-order valence-electron chi connectivity index (χ4n) is 2.63. The third-order valence-corrected chi connectivity index (χ3v) is 4.19. The Labute approximate surface area is 134 Å². The summed E-state index contributed by atoms with van der Waals surface area (Å²) in [5, 5.41) is 0. The number of rotatable bonds is 0. The molecule has 0 radical (unpaired) electrons. The van der Waals surface area contributed by atoms with Crippen molar-refractivity contribution in [2.75, 3.05) is 0 Å². The van der Waals surface area contributed by atoms with Crippen LogP contribution in [0, 0.1) is 0 Å². The molecule has 0 aliphatic heterocycles. The summed E-state index contributed by atoms with van der Waals surface area (Å²) >= 11 is 0. The van der Waals surface area contributed by atoms with Crippen LogP contribution in [-0.2, 0) is 0 Å². The van der Waals surface area contributed by atoms with Gasteiger partial charge in [-0.05, 0) is 12.8 Å².